The summed E-state index contributed by atoms with van der Waals surface area (Å²) in [7, 11) is 0. The monoisotopic (exact) mass is 301 g/mol. The van der Waals surface area contributed by atoms with Gasteiger partial charge < -0.3 is 19.5 Å². The van der Waals surface area contributed by atoms with Gasteiger partial charge in [0.05, 0.1) is 6.61 Å². The van der Waals surface area contributed by atoms with E-state index in [0.717, 1.165) is 23.7 Å². The Hall–Kier alpha value is -2.20. The molecule has 22 heavy (non-hydrogen) atoms. The topological polar surface area (TPSA) is 39.7 Å². The zero-order valence-corrected chi connectivity index (χ0v) is 13.0. The van der Waals surface area contributed by atoms with Gasteiger partial charge >= 0.3 is 0 Å². The first-order valence-corrected chi connectivity index (χ1v) is 7.61. The summed E-state index contributed by atoms with van der Waals surface area (Å²) in [6.07, 6.45) is 0. The second-order valence-corrected chi connectivity index (χ2v) is 4.66. The Morgan fingerprint density at radius 3 is 2.41 bits per heavy atom. The molecule has 0 spiro atoms. The molecule has 4 nitrogen and oxygen atoms in total. The summed E-state index contributed by atoms with van der Waals surface area (Å²) in [5.41, 5.74) is 1.02. The van der Waals surface area contributed by atoms with Crippen LogP contribution in [0.3, 0.4) is 0 Å². The van der Waals surface area contributed by atoms with Gasteiger partial charge in [-0.15, -0.1) is 0 Å². The lowest BCUT2D eigenvalue weighted by molar-refractivity contribution is 0.110. The van der Waals surface area contributed by atoms with Crippen molar-refractivity contribution in [2.24, 2.45) is 0 Å². The zero-order valence-electron chi connectivity index (χ0n) is 13.0. The highest BCUT2D eigenvalue weighted by atomic mass is 16.5. The molecule has 0 atom stereocenters. The Bertz CT molecular complexity index is 531. The molecule has 0 aliphatic carbocycles. The summed E-state index contributed by atoms with van der Waals surface area (Å²) in [6, 6.07) is 17.7. The Kier molecular flexibility index (Phi) is 7.12. The van der Waals surface area contributed by atoms with E-state index >= 15 is 0 Å². The van der Waals surface area contributed by atoms with Crippen LogP contribution in [0.15, 0.2) is 54.6 Å². The maximum absolute atomic E-state index is 5.64. The highest BCUT2D eigenvalue weighted by Gasteiger charge is 1.97. The molecule has 118 valence electrons. The first kappa shape index (κ1) is 16.2. The number of hydrogen-bond acceptors (Lipinski definition) is 4. The summed E-state index contributed by atoms with van der Waals surface area (Å²) in [5.74, 6) is 1.73. The fourth-order valence-corrected chi connectivity index (χ4v) is 1.94. The SMILES string of the molecule is CCOCCOc1cccc(NCCOc2ccccc2)c1. The molecule has 2 rings (SSSR count). The maximum Gasteiger partial charge on any atom is 0.121 e. The highest BCUT2D eigenvalue weighted by molar-refractivity contribution is 5.48. The van der Waals surface area contributed by atoms with Crippen LogP contribution in [-0.2, 0) is 4.74 Å². The first-order chi connectivity index (χ1) is 10.9. The molecule has 0 fully saturated rings. The standard InChI is InChI=1S/C18H23NO3/c1-2-20-13-14-22-18-10-6-7-16(15-18)19-11-12-21-17-8-4-3-5-9-17/h3-10,15,19H,2,11-14H2,1H3. The van der Waals surface area contributed by atoms with Gasteiger partial charge in [-0.3, -0.25) is 0 Å². The molecular weight excluding hydrogens is 278 g/mol. The van der Waals surface area contributed by atoms with E-state index in [9.17, 15) is 0 Å². The number of nitrogens with one attached hydrogen (secondary N) is 1. The third kappa shape index (κ3) is 6.06. The van der Waals surface area contributed by atoms with Crippen molar-refractivity contribution in [2.75, 3.05) is 38.3 Å². The van der Waals surface area contributed by atoms with Crippen LogP contribution in [-0.4, -0.2) is 33.0 Å². The van der Waals surface area contributed by atoms with Gasteiger partial charge in [0, 0.05) is 24.9 Å². The number of para-hydroxylation sites is 1. The van der Waals surface area contributed by atoms with Crippen molar-refractivity contribution in [2.45, 2.75) is 6.92 Å². The molecular formula is C18H23NO3. The second-order valence-electron chi connectivity index (χ2n) is 4.66. The third-order valence-electron chi connectivity index (χ3n) is 2.98. The first-order valence-electron chi connectivity index (χ1n) is 7.61. The third-order valence-corrected chi connectivity index (χ3v) is 2.98. The van der Waals surface area contributed by atoms with E-state index in [-0.39, 0.29) is 0 Å². The molecule has 4 heteroatoms. The van der Waals surface area contributed by atoms with Gasteiger partial charge in [0.2, 0.25) is 0 Å². The highest BCUT2D eigenvalue weighted by Crippen LogP contribution is 2.17. The minimum Gasteiger partial charge on any atom is -0.492 e. The minimum absolute atomic E-state index is 0.564. The van der Waals surface area contributed by atoms with E-state index in [1.807, 2.05) is 61.5 Å². The molecule has 2 aromatic carbocycles. The summed E-state index contributed by atoms with van der Waals surface area (Å²) < 4.78 is 16.5. The van der Waals surface area contributed by atoms with Crippen LogP contribution >= 0.6 is 0 Å². The predicted molar refractivity (Wildman–Crippen MR) is 88.9 cm³/mol. The van der Waals surface area contributed by atoms with E-state index in [1.54, 1.807) is 0 Å². The lowest BCUT2D eigenvalue weighted by Gasteiger charge is -2.11. The van der Waals surface area contributed by atoms with E-state index in [4.69, 9.17) is 14.2 Å². The van der Waals surface area contributed by atoms with Gasteiger partial charge in [0.25, 0.3) is 0 Å². The summed E-state index contributed by atoms with van der Waals surface area (Å²) >= 11 is 0. The lowest BCUT2D eigenvalue weighted by Crippen LogP contribution is -2.11. The number of anilines is 1. The predicted octanol–water partition coefficient (Wildman–Crippen LogP) is 3.59. The number of hydrogen-bond donors (Lipinski definition) is 1. The summed E-state index contributed by atoms with van der Waals surface area (Å²) in [6.45, 7) is 5.21. The van der Waals surface area contributed by atoms with Crippen LogP contribution < -0.4 is 14.8 Å². The molecule has 0 saturated heterocycles. The van der Waals surface area contributed by atoms with Crippen molar-refractivity contribution in [3.8, 4) is 11.5 Å². The van der Waals surface area contributed by atoms with Crippen LogP contribution in [0.5, 0.6) is 11.5 Å². The number of benzene rings is 2. The fraction of sp³-hybridized carbons (Fsp3) is 0.333. The Morgan fingerprint density at radius 2 is 1.59 bits per heavy atom. The van der Waals surface area contributed by atoms with Crippen LogP contribution in [0.4, 0.5) is 5.69 Å². The van der Waals surface area contributed by atoms with Gasteiger partial charge in [-0.25, -0.2) is 0 Å². The van der Waals surface area contributed by atoms with Gasteiger partial charge in [0.15, 0.2) is 0 Å². The molecule has 0 unspecified atom stereocenters. The Morgan fingerprint density at radius 1 is 0.818 bits per heavy atom. The average molecular weight is 301 g/mol. The average Bonchev–Trinajstić information content (AvgIpc) is 2.57. The lowest BCUT2D eigenvalue weighted by atomic mass is 10.3. The van der Waals surface area contributed by atoms with Crippen LogP contribution in [0.25, 0.3) is 0 Å². The molecule has 0 aliphatic heterocycles. The van der Waals surface area contributed by atoms with Crippen LogP contribution in [0, 0.1) is 0 Å². The molecule has 1 N–H and O–H groups in total. The van der Waals surface area contributed by atoms with E-state index < -0.39 is 0 Å². The van der Waals surface area contributed by atoms with Gasteiger partial charge in [-0.2, -0.15) is 0 Å². The molecule has 0 saturated carbocycles. The van der Waals surface area contributed by atoms with Crippen molar-refractivity contribution in [3.05, 3.63) is 54.6 Å². The maximum atomic E-state index is 5.64. The summed E-state index contributed by atoms with van der Waals surface area (Å²) in [4.78, 5) is 0. The minimum atomic E-state index is 0.564. The molecule has 0 aromatic heterocycles. The second kappa shape index (κ2) is 9.68. The van der Waals surface area contributed by atoms with Crippen molar-refractivity contribution in [1.82, 2.24) is 0 Å². The van der Waals surface area contributed by atoms with E-state index in [0.29, 0.717) is 26.4 Å². The zero-order chi connectivity index (χ0) is 15.5. The fourth-order valence-electron chi connectivity index (χ4n) is 1.94. The normalized spacial score (nSPS) is 10.2. The van der Waals surface area contributed by atoms with E-state index in [2.05, 4.69) is 5.32 Å². The molecule has 2 aromatic rings. The molecule has 0 amide bonds. The molecule has 0 aliphatic rings. The van der Waals surface area contributed by atoms with Crippen molar-refractivity contribution >= 4 is 5.69 Å². The largest absolute Gasteiger partial charge is 0.492 e. The van der Waals surface area contributed by atoms with Crippen LogP contribution in [0.2, 0.25) is 0 Å². The van der Waals surface area contributed by atoms with Gasteiger partial charge in [0.1, 0.15) is 24.7 Å². The Labute approximate surface area is 132 Å². The van der Waals surface area contributed by atoms with Crippen LogP contribution in [0.1, 0.15) is 6.92 Å². The van der Waals surface area contributed by atoms with Gasteiger partial charge in [-0.05, 0) is 31.2 Å². The van der Waals surface area contributed by atoms with Crippen molar-refractivity contribution in [1.29, 1.82) is 0 Å². The van der Waals surface area contributed by atoms with Crippen molar-refractivity contribution in [3.63, 3.8) is 0 Å². The number of rotatable bonds is 10. The summed E-state index contributed by atoms with van der Waals surface area (Å²) in [5, 5.41) is 3.32. The molecule has 0 bridgehead atoms. The van der Waals surface area contributed by atoms with E-state index in [1.165, 1.54) is 0 Å². The Balaban J connectivity index is 1.69. The molecule has 0 heterocycles. The molecule has 0 radical (unpaired) electrons. The van der Waals surface area contributed by atoms with Crippen molar-refractivity contribution < 1.29 is 14.2 Å². The smallest absolute Gasteiger partial charge is 0.121 e. The van der Waals surface area contributed by atoms with Gasteiger partial charge in [-0.1, -0.05) is 24.3 Å². The number of ether oxygens (including phenoxy) is 3. The quantitative estimate of drug-likeness (QED) is 0.681.